The summed E-state index contributed by atoms with van der Waals surface area (Å²) in [6.07, 6.45) is 1.31. The highest BCUT2D eigenvalue weighted by atomic mass is 32.2. The van der Waals surface area contributed by atoms with Gasteiger partial charge in [-0.3, -0.25) is 4.79 Å². The van der Waals surface area contributed by atoms with E-state index >= 15 is 0 Å². The number of hydrogen-bond acceptors (Lipinski definition) is 7. The summed E-state index contributed by atoms with van der Waals surface area (Å²) in [5.41, 5.74) is 1.03. The van der Waals surface area contributed by atoms with Crippen molar-refractivity contribution in [1.82, 2.24) is 5.32 Å². The first-order valence-corrected chi connectivity index (χ1v) is 10.3. The molecule has 0 radical (unpaired) electrons. The molecule has 0 aliphatic carbocycles. The molecule has 1 unspecified atom stereocenters. The van der Waals surface area contributed by atoms with Crippen LogP contribution in [0.3, 0.4) is 0 Å². The van der Waals surface area contributed by atoms with Gasteiger partial charge in [-0.05, 0) is 48.9 Å². The molecule has 4 N–H and O–H groups in total. The lowest BCUT2D eigenvalue weighted by Gasteiger charge is -2.15. The molecule has 2 aromatic carbocycles. The fourth-order valence-electron chi connectivity index (χ4n) is 2.50. The van der Waals surface area contributed by atoms with Crippen LogP contribution in [0.2, 0.25) is 0 Å². The molecule has 9 nitrogen and oxygen atoms in total. The minimum absolute atomic E-state index is 0.0815. The van der Waals surface area contributed by atoms with Crippen molar-refractivity contribution < 1.29 is 22.7 Å². The Morgan fingerprint density at radius 2 is 1.77 bits per heavy atom. The van der Waals surface area contributed by atoms with Crippen LogP contribution in [0.25, 0.3) is 0 Å². The van der Waals surface area contributed by atoms with Gasteiger partial charge in [0.15, 0.2) is 11.5 Å². The van der Waals surface area contributed by atoms with Crippen LogP contribution < -0.4 is 25.2 Å². The van der Waals surface area contributed by atoms with Gasteiger partial charge in [0.2, 0.25) is 10.0 Å². The highest BCUT2D eigenvalue weighted by Gasteiger charge is 2.13. The van der Waals surface area contributed by atoms with Crippen LogP contribution in [0.15, 0.2) is 59.1 Å². The quantitative estimate of drug-likeness (QED) is 0.429. The number of nitrogens with two attached hydrogens (primary N) is 1. The number of amides is 1. The number of nitriles is 1. The van der Waals surface area contributed by atoms with Crippen molar-refractivity contribution in [2.75, 3.05) is 19.5 Å². The van der Waals surface area contributed by atoms with Gasteiger partial charge < -0.3 is 20.1 Å². The Morgan fingerprint density at radius 3 is 2.30 bits per heavy atom. The van der Waals surface area contributed by atoms with Crippen molar-refractivity contribution >= 4 is 21.6 Å². The molecule has 0 aliphatic rings. The van der Waals surface area contributed by atoms with Crippen LogP contribution in [-0.4, -0.2) is 28.5 Å². The highest BCUT2D eigenvalue weighted by molar-refractivity contribution is 7.89. The molecule has 0 fully saturated rings. The molecule has 0 saturated heterocycles. The van der Waals surface area contributed by atoms with Crippen molar-refractivity contribution in [3.63, 3.8) is 0 Å². The Labute approximate surface area is 175 Å². The van der Waals surface area contributed by atoms with Crippen LogP contribution >= 0.6 is 0 Å². The predicted octanol–water partition coefficient (Wildman–Crippen LogP) is 2.05. The molecule has 30 heavy (non-hydrogen) atoms. The number of nitrogens with zero attached hydrogens (tertiary/aromatic N) is 1. The molecule has 1 atom stereocenters. The van der Waals surface area contributed by atoms with E-state index in [1.165, 1.54) is 37.6 Å². The lowest BCUT2D eigenvalue weighted by Crippen LogP contribution is -2.18. The Bertz CT molecular complexity index is 1090. The number of primary sulfonamides is 1. The molecular formula is C20H22N4O5S. The van der Waals surface area contributed by atoms with E-state index in [9.17, 15) is 18.5 Å². The molecule has 1 amide bonds. The molecule has 0 heterocycles. The fourth-order valence-corrected chi connectivity index (χ4v) is 3.02. The van der Waals surface area contributed by atoms with Crippen molar-refractivity contribution in [3.8, 4) is 17.6 Å². The van der Waals surface area contributed by atoms with Gasteiger partial charge in [-0.15, -0.1) is 0 Å². The van der Waals surface area contributed by atoms with E-state index in [4.69, 9.17) is 14.6 Å². The lowest BCUT2D eigenvalue weighted by atomic mass is 10.1. The summed E-state index contributed by atoms with van der Waals surface area (Å²) in [4.78, 5) is 12.3. The van der Waals surface area contributed by atoms with Gasteiger partial charge in [-0.2, -0.15) is 5.26 Å². The predicted molar refractivity (Wildman–Crippen MR) is 111 cm³/mol. The first-order chi connectivity index (χ1) is 14.2. The summed E-state index contributed by atoms with van der Waals surface area (Å²) in [5, 5.41) is 19.9. The molecular weight excluding hydrogens is 408 g/mol. The smallest absolute Gasteiger partial charge is 0.267 e. The molecule has 2 rings (SSSR count). The minimum atomic E-state index is -3.83. The zero-order valence-corrected chi connectivity index (χ0v) is 17.5. The lowest BCUT2D eigenvalue weighted by molar-refractivity contribution is -0.112. The maximum absolute atomic E-state index is 12.3. The van der Waals surface area contributed by atoms with E-state index < -0.39 is 15.9 Å². The SMILES string of the molecule is COc1ccc(C(C)N/C=C(/C#N)C(=O)Nc2ccc(S(N)(=O)=O)cc2)cc1OC. The van der Waals surface area contributed by atoms with Gasteiger partial charge in [0.1, 0.15) is 11.6 Å². The minimum Gasteiger partial charge on any atom is -0.493 e. The van der Waals surface area contributed by atoms with E-state index in [1.807, 2.05) is 19.1 Å². The number of sulfonamides is 1. The summed E-state index contributed by atoms with van der Waals surface area (Å²) >= 11 is 0. The third kappa shape index (κ3) is 5.73. The van der Waals surface area contributed by atoms with E-state index in [2.05, 4.69) is 10.6 Å². The van der Waals surface area contributed by atoms with Crippen molar-refractivity contribution in [2.24, 2.45) is 5.14 Å². The van der Waals surface area contributed by atoms with Crippen molar-refractivity contribution in [1.29, 1.82) is 5.26 Å². The van der Waals surface area contributed by atoms with Gasteiger partial charge >= 0.3 is 0 Å². The number of anilines is 1. The number of carbonyl (C=O) groups is 1. The Morgan fingerprint density at radius 1 is 1.13 bits per heavy atom. The third-order valence-electron chi connectivity index (χ3n) is 4.19. The second-order valence-electron chi connectivity index (χ2n) is 6.20. The Hall–Kier alpha value is -3.55. The molecule has 0 aromatic heterocycles. The molecule has 0 saturated carbocycles. The second kappa shape index (κ2) is 9.78. The zero-order chi connectivity index (χ0) is 22.3. The largest absolute Gasteiger partial charge is 0.493 e. The average molecular weight is 430 g/mol. The van der Waals surface area contributed by atoms with Crippen LogP contribution in [0.1, 0.15) is 18.5 Å². The van der Waals surface area contributed by atoms with Gasteiger partial charge in [0.25, 0.3) is 5.91 Å². The average Bonchev–Trinajstić information content (AvgIpc) is 2.73. The van der Waals surface area contributed by atoms with E-state index in [-0.39, 0.29) is 16.5 Å². The number of ether oxygens (including phenoxy) is 2. The van der Waals surface area contributed by atoms with Crippen molar-refractivity contribution in [2.45, 2.75) is 17.9 Å². The maximum atomic E-state index is 12.3. The Kier molecular flexibility index (Phi) is 7.41. The summed E-state index contributed by atoms with van der Waals surface area (Å²) < 4.78 is 33.0. The molecule has 0 spiro atoms. The third-order valence-corrected chi connectivity index (χ3v) is 5.12. The standard InChI is InChI=1S/C20H22N4O5S/c1-13(14-4-9-18(28-2)19(10-14)29-3)23-12-15(11-21)20(25)24-16-5-7-17(8-6-16)30(22,26)27/h4-10,12-13,23H,1-3H3,(H,24,25)(H2,22,26,27)/b15-12-. The molecule has 10 heteroatoms. The first kappa shape index (κ1) is 22.7. The fraction of sp³-hybridized carbons (Fsp3) is 0.200. The first-order valence-electron chi connectivity index (χ1n) is 8.72. The van der Waals surface area contributed by atoms with E-state index in [0.29, 0.717) is 17.2 Å². The van der Waals surface area contributed by atoms with Crippen LogP contribution in [0.5, 0.6) is 11.5 Å². The van der Waals surface area contributed by atoms with Crippen molar-refractivity contribution in [3.05, 3.63) is 59.8 Å². The highest BCUT2D eigenvalue weighted by Crippen LogP contribution is 2.29. The molecule has 158 valence electrons. The van der Waals surface area contributed by atoms with Gasteiger partial charge in [-0.25, -0.2) is 13.6 Å². The number of rotatable bonds is 8. The number of methoxy groups -OCH3 is 2. The number of hydrogen-bond donors (Lipinski definition) is 3. The monoisotopic (exact) mass is 430 g/mol. The normalized spacial score (nSPS) is 12.4. The van der Waals surface area contributed by atoms with Crippen LogP contribution in [0, 0.1) is 11.3 Å². The molecule has 0 bridgehead atoms. The molecule has 0 aliphatic heterocycles. The summed E-state index contributed by atoms with van der Waals surface area (Å²) in [7, 11) is -0.748. The Balaban J connectivity index is 2.09. The van der Waals surface area contributed by atoms with E-state index in [1.54, 1.807) is 19.2 Å². The van der Waals surface area contributed by atoms with Crippen LogP contribution in [0.4, 0.5) is 5.69 Å². The topological polar surface area (TPSA) is 144 Å². The number of nitrogens with one attached hydrogen (secondary N) is 2. The summed E-state index contributed by atoms with van der Waals surface area (Å²) in [6.45, 7) is 1.86. The van der Waals surface area contributed by atoms with Gasteiger partial charge in [-0.1, -0.05) is 6.07 Å². The second-order valence-corrected chi connectivity index (χ2v) is 7.76. The van der Waals surface area contributed by atoms with E-state index in [0.717, 1.165) is 5.56 Å². The molecule has 2 aromatic rings. The number of carbonyl (C=O) groups excluding carboxylic acids is 1. The number of benzene rings is 2. The maximum Gasteiger partial charge on any atom is 0.267 e. The van der Waals surface area contributed by atoms with Gasteiger partial charge in [0, 0.05) is 17.9 Å². The van der Waals surface area contributed by atoms with Gasteiger partial charge in [0.05, 0.1) is 19.1 Å². The summed E-state index contributed by atoms with van der Waals surface area (Å²) in [5.74, 6) is 0.510. The van der Waals surface area contributed by atoms with Crippen LogP contribution in [-0.2, 0) is 14.8 Å². The summed E-state index contributed by atoms with van der Waals surface area (Å²) in [6, 6.07) is 12.3. The zero-order valence-electron chi connectivity index (χ0n) is 16.7.